The van der Waals surface area contributed by atoms with Gasteiger partial charge in [-0.05, 0) is 0 Å². The average Bonchev–Trinajstić information content (AvgIpc) is 2.09. The Morgan fingerprint density at radius 1 is 1.70 bits per heavy atom. The van der Waals surface area contributed by atoms with Crippen molar-refractivity contribution in [3.63, 3.8) is 0 Å². The van der Waals surface area contributed by atoms with Crippen LogP contribution in [0.25, 0.3) is 0 Å². The fourth-order valence-corrected chi connectivity index (χ4v) is 0.706. The number of amides is 2. The summed E-state index contributed by atoms with van der Waals surface area (Å²) in [5.74, 6) is -1.20. The molecule has 1 fully saturated rings. The van der Waals surface area contributed by atoms with Gasteiger partial charge in [0.2, 0.25) is 5.91 Å². The minimum absolute atomic E-state index is 0.234. The standard InChI is InChI=1S/C4H7N3O3/c5-4(7-10)1-2(8)6-3(4)9/h7,10H,1,5H2,(H,6,8,9). The molecule has 0 radical (unpaired) electrons. The Bertz CT molecular complexity index is 192. The molecule has 1 aliphatic rings. The highest BCUT2D eigenvalue weighted by Gasteiger charge is 2.43. The van der Waals surface area contributed by atoms with E-state index in [2.05, 4.69) is 0 Å². The van der Waals surface area contributed by atoms with Gasteiger partial charge >= 0.3 is 0 Å². The van der Waals surface area contributed by atoms with Crippen molar-refractivity contribution in [1.29, 1.82) is 0 Å². The Hall–Kier alpha value is -0.980. The fourth-order valence-electron chi connectivity index (χ4n) is 0.706. The quantitative estimate of drug-likeness (QED) is 0.188. The van der Waals surface area contributed by atoms with Crippen LogP contribution >= 0.6 is 0 Å². The lowest BCUT2D eigenvalue weighted by Crippen LogP contribution is -2.57. The fraction of sp³-hybridized carbons (Fsp3) is 0.500. The molecule has 0 spiro atoms. The van der Waals surface area contributed by atoms with E-state index in [1.54, 1.807) is 5.48 Å². The number of carbonyl (C=O) groups is 2. The summed E-state index contributed by atoms with van der Waals surface area (Å²) in [7, 11) is 0. The predicted octanol–water partition coefficient (Wildman–Crippen LogP) is -2.33. The first-order chi connectivity index (χ1) is 4.58. The van der Waals surface area contributed by atoms with Crippen LogP contribution in [0.15, 0.2) is 0 Å². The molecule has 1 saturated heterocycles. The molecule has 1 aliphatic heterocycles. The summed E-state index contributed by atoms with van der Waals surface area (Å²) >= 11 is 0. The predicted molar refractivity (Wildman–Crippen MR) is 29.6 cm³/mol. The van der Waals surface area contributed by atoms with Crippen molar-refractivity contribution in [3.8, 4) is 0 Å². The zero-order valence-corrected chi connectivity index (χ0v) is 5.05. The molecule has 5 N–H and O–H groups in total. The van der Waals surface area contributed by atoms with Gasteiger partial charge in [-0.15, -0.1) is 0 Å². The van der Waals surface area contributed by atoms with Crippen LogP contribution in [0.4, 0.5) is 0 Å². The maximum absolute atomic E-state index is 10.7. The van der Waals surface area contributed by atoms with Gasteiger partial charge in [0.1, 0.15) is 0 Å². The number of hydrogen-bond acceptors (Lipinski definition) is 5. The lowest BCUT2D eigenvalue weighted by Gasteiger charge is -2.15. The lowest BCUT2D eigenvalue weighted by molar-refractivity contribution is -0.129. The third kappa shape index (κ3) is 0.878. The molecule has 1 rings (SSSR count). The number of carbonyl (C=O) groups excluding carboxylic acids is 2. The smallest absolute Gasteiger partial charge is 0.264 e. The van der Waals surface area contributed by atoms with Gasteiger partial charge in [0.25, 0.3) is 5.91 Å². The summed E-state index contributed by atoms with van der Waals surface area (Å²) in [6.07, 6.45) is -0.234. The van der Waals surface area contributed by atoms with Gasteiger partial charge in [0.15, 0.2) is 5.66 Å². The van der Waals surface area contributed by atoms with Crippen LogP contribution in [0.5, 0.6) is 0 Å². The molecule has 10 heavy (non-hydrogen) atoms. The van der Waals surface area contributed by atoms with Crippen molar-refractivity contribution in [2.45, 2.75) is 12.1 Å². The second-order valence-corrected chi connectivity index (χ2v) is 2.14. The Balaban J connectivity index is 2.80. The van der Waals surface area contributed by atoms with Gasteiger partial charge in [0.05, 0.1) is 6.42 Å². The number of nitrogens with one attached hydrogen (secondary N) is 2. The van der Waals surface area contributed by atoms with E-state index in [1.165, 1.54) is 0 Å². The van der Waals surface area contributed by atoms with Gasteiger partial charge in [-0.3, -0.25) is 14.9 Å². The first kappa shape index (κ1) is 7.13. The van der Waals surface area contributed by atoms with E-state index in [9.17, 15) is 9.59 Å². The molecule has 1 atom stereocenters. The third-order valence-electron chi connectivity index (χ3n) is 1.30. The third-order valence-corrected chi connectivity index (χ3v) is 1.30. The minimum Gasteiger partial charge on any atom is -0.314 e. The second-order valence-electron chi connectivity index (χ2n) is 2.14. The topological polar surface area (TPSA) is 104 Å². The summed E-state index contributed by atoms with van der Waals surface area (Å²) in [4.78, 5) is 21.1. The highest BCUT2D eigenvalue weighted by atomic mass is 16.5. The van der Waals surface area contributed by atoms with Crippen molar-refractivity contribution in [2.24, 2.45) is 5.73 Å². The van der Waals surface area contributed by atoms with Crippen molar-refractivity contribution in [1.82, 2.24) is 10.8 Å². The highest BCUT2D eigenvalue weighted by Crippen LogP contribution is 2.08. The first-order valence-electron chi connectivity index (χ1n) is 2.63. The van der Waals surface area contributed by atoms with Crippen LogP contribution in [0.3, 0.4) is 0 Å². The van der Waals surface area contributed by atoms with Crippen LogP contribution in [0, 0.1) is 0 Å². The maximum Gasteiger partial charge on any atom is 0.264 e. The highest BCUT2D eigenvalue weighted by molar-refractivity contribution is 6.07. The zero-order valence-electron chi connectivity index (χ0n) is 5.05. The molecule has 0 aromatic heterocycles. The summed E-state index contributed by atoms with van der Waals surface area (Å²) in [6.45, 7) is 0. The van der Waals surface area contributed by atoms with Gasteiger partial charge < -0.3 is 10.9 Å². The molecule has 6 heteroatoms. The van der Waals surface area contributed by atoms with E-state index in [1.807, 2.05) is 5.32 Å². The molecule has 56 valence electrons. The van der Waals surface area contributed by atoms with E-state index in [4.69, 9.17) is 10.9 Å². The first-order valence-corrected chi connectivity index (χ1v) is 2.63. The van der Waals surface area contributed by atoms with Crippen LogP contribution < -0.4 is 16.5 Å². The number of nitrogens with two attached hydrogens (primary N) is 1. The van der Waals surface area contributed by atoms with Crippen molar-refractivity contribution < 1.29 is 14.8 Å². The van der Waals surface area contributed by atoms with E-state index in [0.29, 0.717) is 0 Å². The molecule has 0 aromatic rings. The van der Waals surface area contributed by atoms with Crippen LogP contribution in [-0.2, 0) is 9.59 Å². The maximum atomic E-state index is 10.7. The van der Waals surface area contributed by atoms with Gasteiger partial charge in [0, 0.05) is 0 Å². The van der Waals surface area contributed by atoms with Gasteiger partial charge in [-0.2, -0.15) is 5.48 Å². The summed E-state index contributed by atoms with van der Waals surface area (Å²) in [5, 5.41) is 10.3. The normalized spacial score (nSPS) is 32.6. The van der Waals surface area contributed by atoms with E-state index < -0.39 is 17.5 Å². The molecule has 2 amide bonds. The Morgan fingerprint density at radius 2 is 2.30 bits per heavy atom. The molecular formula is C4H7N3O3. The van der Waals surface area contributed by atoms with Gasteiger partial charge in [-0.25, -0.2) is 0 Å². The second kappa shape index (κ2) is 2.01. The number of rotatable bonds is 1. The zero-order chi connectivity index (χ0) is 7.78. The molecule has 6 nitrogen and oxygen atoms in total. The van der Waals surface area contributed by atoms with E-state index >= 15 is 0 Å². The summed E-state index contributed by atoms with van der Waals surface area (Å²) < 4.78 is 0. The Labute approximate surface area is 56.3 Å². The molecular weight excluding hydrogens is 138 g/mol. The van der Waals surface area contributed by atoms with E-state index in [0.717, 1.165) is 0 Å². The SMILES string of the molecule is NC1(NO)CC(=O)NC1=O. The molecule has 0 bridgehead atoms. The number of hydrogen-bond donors (Lipinski definition) is 4. The summed E-state index contributed by atoms with van der Waals surface area (Å²) in [5.41, 5.74) is 5.14. The number of imide groups is 1. The van der Waals surface area contributed by atoms with E-state index in [-0.39, 0.29) is 6.42 Å². The van der Waals surface area contributed by atoms with Crippen LogP contribution in [-0.4, -0.2) is 22.7 Å². The number of hydroxylamine groups is 1. The van der Waals surface area contributed by atoms with Crippen molar-refractivity contribution in [2.75, 3.05) is 0 Å². The minimum atomic E-state index is -1.63. The molecule has 0 aromatic carbocycles. The lowest BCUT2D eigenvalue weighted by atomic mass is 10.1. The monoisotopic (exact) mass is 145 g/mol. The van der Waals surface area contributed by atoms with Crippen molar-refractivity contribution in [3.05, 3.63) is 0 Å². The largest absolute Gasteiger partial charge is 0.314 e. The van der Waals surface area contributed by atoms with Crippen molar-refractivity contribution >= 4 is 11.8 Å². The van der Waals surface area contributed by atoms with Crippen LogP contribution in [0.2, 0.25) is 0 Å². The molecule has 1 heterocycles. The molecule has 1 unspecified atom stereocenters. The van der Waals surface area contributed by atoms with Gasteiger partial charge in [-0.1, -0.05) is 0 Å². The average molecular weight is 145 g/mol. The molecule has 0 aliphatic carbocycles. The summed E-state index contributed by atoms with van der Waals surface area (Å²) in [6, 6.07) is 0. The Morgan fingerprint density at radius 3 is 2.50 bits per heavy atom. The Kier molecular flexibility index (Phi) is 1.43. The molecule has 0 saturated carbocycles. The van der Waals surface area contributed by atoms with Crippen LogP contribution in [0.1, 0.15) is 6.42 Å².